The van der Waals surface area contributed by atoms with E-state index < -0.39 is 10.0 Å². The number of carbonyl (C=O) groups is 1. The molecule has 0 bridgehead atoms. The summed E-state index contributed by atoms with van der Waals surface area (Å²) in [5.41, 5.74) is 2.08. The third-order valence-corrected chi connectivity index (χ3v) is 5.83. The molecule has 0 saturated carbocycles. The molecule has 0 saturated heterocycles. The molecular weight excluding hydrogens is 419 g/mol. The van der Waals surface area contributed by atoms with Gasteiger partial charge in [-0.2, -0.15) is 0 Å². The van der Waals surface area contributed by atoms with E-state index >= 15 is 0 Å². The van der Waals surface area contributed by atoms with E-state index in [9.17, 15) is 13.2 Å². The summed E-state index contributed by atoms with van der Waals surface area (Å²) in [6.45, 7) is 1.76. The predicted molar refractivity (Wildman–Crippen MR) is 113 cm³/mol. The van der Waals surface area contributed by atoms with Crippen LogP contribution in [0.1, 0.15) is 15.9 Å². The molecule has 3 aromatic rings. The van der Waals surface area contributed by atoms with Crippen LogP contribution in [0, 0.1) is 6.92 Å². The molecule has 0 aliphatic heterocycles. The standard InChI is InChI=1S/C20H16Cl2N2O3S/c1-13-12-16(22)6-11-19(13)24-28(26,27)18-9-7-17(8-10-18)23-20(25)14-2-4-15(21)5-3-14/h2-12,24H,1H3,(H,23,25). The zero-order chi connectivity index (χ0) is 20.3. The largest absolute Gasteiger partial charge is 0.322 e. The van der Waals surface area contributed by atoms with Crippen LogP contribution in [0.15, 0.2) is 71.6 Å². The number of sulfonamides is 1. The van der Waals surface area contributed by atoms with Crippen molar-refractivity contribution >= 4 is 50.5 Å². The fraction of sp³-hybridized carbons (Fsp3) is 0.0500. The first-order valence-electron chi connectivity index (χ1n) is 8.20. The first-order valence-corrected chi connectivity index (χ1v) is 10.4. The third-order valence-electron chi connectivity index (χ3n) is 3.96. The van der Waals surface area contributed by atoms with Gasteiger partial charge in [-0.05, 0) is 79.2 Å². The molecular formula is C20H16Cl2N2O3S. The lowest BCUT2D eigenvalue weighted by molar-refractivity contribution is 0.102. The van der Waals surface area contributed by atoms with E-state index in [2.05, 4.69) is 10.0 Å². The SMILES string of the molecule is Cc1cc(Cl)ccc1NS(=O)(=O)c1ccc(NC(=O)c2ccc(Cl)cc2)cc1. The van der Waals surface area contributed by atoms with Crippen molar-refractivity contribution in [3.8, 4) is 0 Å². The molecule has 0 aliphatic carbocycles. The third kappa shape index (κ3) is 4.84. The number of halogens is 2. The fourth-order valence-electron chi connectivity index (χ4n) is 2.47. The van der Waals surface area contributed by atoms with Crippen LogP contribution in [0.3, 0.4) is 0 Å². The second-order valence-corrected chi connectivity index (χ2v) is 8.61. The molecule has 0 radical (unpaired) electrons. The Morgan fingerprint density at radius 1 is 0.857 bits per heavy atom. The molecule has 0 aromatic heterocycles. The van der Waals surface area contributed by atoms with E-state index in [1.807, 2.05) is 0 Å². The molecule has 1 amide bonds. The van der Waals surface area contributed by atoms with Crippen molar-refractivity contribution in [1.29, 1.82) is 0 Å². The Morgan fingerprint density at radius 2 is 1.46 bits per heavy atom. The Labute approximate surface area is 173 Å². The molecule has 3 rings (SSSR count). The summed E-state index contributed by atoms with van der Waals surface area (Å²) >= 11 is 11.7. The number of hydrogen-bond acceptors (Lipinski definition) is 3. The molecule has 0 fully saturated rings. The van der Waals surface area contributed by atoms with Gasteiger partial charge < -0.3 is 5.32 Å². The van der Waals surface area contributed by atoms with E-state index in [4.69, 9.17) is 23.2 Å². The summed E-state index contributed by atoms with van der Waals surface area (Å²) in [5, 5.41) is 3.77. The molecule has 2 N–H and O–H groups in total. The minimum absolute atomic E-state index is 0.0753. The zero-order valence-corrected chi connectivity index (χ0v) is 17.1. The van der Waals surface area contributed by atoms with Crippen molar-refractivity contribution in [3.63, 3.8) is 0 Å². The van der Waals surface area contributed by atoms with Crippen LogP contribution in [0.5, 0.6) is 0 Å². The topological polar surface area (TPSA) is 75.3 Å². The first-order chi connectivity index (χ1) is 13.2. The lowest BCUT2D eigenvalue weighted by Gasteiger charge is -2.11. The Kier molecular flexibility index (Phi) is 5.93. The summed E-state index contributed by atoms with van der Waals surface area (Å²) in [6.07, 6.45) is 0. The quantitative estimate of drug-likeness (QED) is 0.567. The molecule has 3 aromatic carbocycles. The van der Waals surface area contributed by atoms with Crippen molar-refractivity contribution in [2.24, 2.45) is 0 Å². The summed E-state index contributed by atoms with van der Waals surface area (Å²) in [5.74, 6) is -0.317. The van der Waals surface area contributed by atoms with E-state index in [1.165, 1.54) is 24.3 Å². The van der Waals surface area contributed by atoms with Gasteiger partial charge in [0.2, 0.25) is 0 Å². The van der Waals surface area contributed by atoms with Crippen molar-refractivity contribution in [1.82, 2.24) is 0 Å². The molecule has 0 spiro atoms. The van der Waals surface area contributed by atoms with Crippen LogP contribution in [-0.2, 0) is 10.0 Å². The average molecular weight is 435 g/mol. The van der Waals surface area contributed by atoms with Crippen LogP contribution < -0.4 is 10.0 Å². The number of carbonyl (C=O) groups excluding carboxylic acids is 1. The fourth-order valence-corrected chi connectivity index (χ4v) is 3.95. The van der Waals surface area contributed by atoms with Crippen molar-refractivity contribution < 1.29 is 13.2 Å². The first kappa shape index (κ1) is 20.2. The Morgan fingerprint density at radius 3 is 2.07 bits per heavy atom. The number of anilines is 2. The number of hydrogen-bond donors (Lipinski definition) is 2. The van der Waals surface area contributed by atoms with Gasteiger partial charge in [0.05, 0.1) is 10.6 Å². The average Bonchev–Trinajstić information content (AvgIpc) is 2.65. The number of benzene rings is 3. The summed E-state index contributed by atoms with van der Waals surface area (Å²) in [4.78, 5) is 12.3. The molecule has 0 unspecified atom stereocenters. The van der Waals surface area contributed by atoms with Gasteiger partial charge in [-0.25, -0.2) is 8.42 Å². The van der Waals surface area contributed by atoms with Gasteiger partial charge in [-0.1, -0.05) is 23.2 Å². The van der Waals surface area contributed by atoms with Gasteiger partial charge in [-0.15, -0.1) is 0 Å². The minimum Gasteiger partial charge on any atom is -0.322 e. The van der Waals surface area contributed by atoms with Gasteiger partial charge in [-0.3, -0.25) is 9.52 Å². The van der Waals surface area contributed by atoms with Crippen LogP contribution >= 0.6 is 23.2 Å². The van der Waals surface area contributed by atoms with Crippen LogP contribution in [0.25, 0.3) is 0 Å². The van der Waals surface area contributed by atoms with Gasteiger partial charge in [0.15, 0.2) is 0 Å². The maximum atomic E-state index is 12.6. The van der Waals surface area contributed by atoms with Gasteiger partial charge >= 0.3 is 0 Å². The molecule has 0 atom stereocenters. The monoisotopic (exact) mass is 434 g/mol. The van der Waals surface area contributed by atoms with E-state index in [0.717, 1.165) is 0 Å². The van der Waals surface area contributed by atoms with Gasteiger partial charge in [0.25, 0.3) is 15.9 Å². The highest BCUT2D eigenvalue weighted by Crippen LogP contribution is 2.23. The van der Waals surface area contributed by atoms with Crippen LogP contribution in [-0.4, -0.2) is 14.3 Å². The number of amides is 1. The Balaban J connectivity index is 1.74. The highest BCUT2D eigenvalue weighted by atomic mass is 35.5. The molecule has 8 heteroatoms. The van der Waals surface area contributed by atoms with Crippen molar-refractivity contribution in [2.45, 2.75) is 11.8 Å². The van der Waals surface area contributed by atoms with Gasteiger partial charge in [0, 0.05) is 21.3 Å². The number of rotatable bonds is 5. The normalized spacial score (nSPS) is 11.1. The Bertz CT molecular complexity index is 1110. The second kappa shape index (κ2) is 8.22. The lowest BCUT2D eigenvalue weighted by atomic mass is 10.2. The molecule has 28 heavy (non-hydrogen) atoms. The minimum atomic E-state index is -3.77. The molecule has 5 nitrogen and oxygen atoms in total. The second-order valence-electron chi connectivity index (χ2n) is 6.05. The predicted octanol–water partition coefficient (Wildman–Crippen LogP) is 5.35. The molecule has 144 valence electrons. The van der Waals surface area contributed by atoms with Crippen LogP contribution in [0.2, 0.25) is 10.0 Å². The smallest absolute Gasteiger partial charge is 0.261 e. The van der Waals surface area contributed by atoms with E-state index in [0.29, 0.717) is 32.5 Å². The molecule has 0 heterocycles. The highest BCUT2D eigenvalue weighted by Gasteiger charge is 2.16. The molecule has 0 aliphatic rings. The van der Waals surface area contributed by atoms with E-state index in [1.54, 1.807) is 49.4 Å². The maximum Gasteiger partial charge on any atom is 0.261 e. The summed E-state index contributed by atoms with van der Waals surface area (Å²) < 4.78 is 27.7. The van der Waals surface area contributed by atoms with Crippen molar-refractivity contribution in [2.75, 3.05) is 10.0 Å². The number of aryl methyl sites for hydroxylation is 1. The Hall–Kier alpha value is -2.54. The van der Waals surface area contributed by atoms with E-state index in [-0.39, 0.29) is 10.8 Å². The summed E-state index contributed by atoms with van der Waals surface area (Å²) in [7, 11) is -3.77. The van der Waals surface area contributed by atoms with Crippen LogP contribution in [0.4, 0.5) is 11.4 Å². The number of nitrogens with one attached hydrogen (secondary N) is 2. The lowest BCUT2D eigenvalue weighted by Crippen LogP contribution is -2.14. The zero-order valence-electron chi connectivity index (χ0n) is 14.7. The van der Waals surface area contributed by atoms with Crippen molar-refractivity contribution in [3.05, 3.63) is 87.9 Å². The maximum absolute atomic E-state index is 12.6. The van der Waals surface area contributed by atoms with Gasteiger partial charge in [0.1, 0.15) is 0 Å². The highest BCUT2D eigenvalue weighted by molar-refractivity contribution is 7.92. The summed E-state index contributed by atoms with van der Waals surface area (Å²) in [6, 6.07) is 17.2.